The van der Waals surface area contributed by atoms with Crippen LogP contribution in [0, 0.1) is 5.41 Å². The number of nitrogens with one attached hydrogen (secondary N) is 3. The number of hydrogen-bond acceptors (Lipinski definition) is 5. The molecule has 1 amide bonds. The first-order valence-electron chi connectivity index (χ1n) is 12.4. The second-order valence-electron chi connectivity index (χ2n) is 8.77. The van der Waals surface area contributed by atoms with E-state index in [-0.39, 0.29) is 11.7 Å². The van der Waals surface area contributed by atoms with E-state index < -0.39 is 6.04 Å². The van der Waals surface area contributed by atoms with E-state index >= 15 is 0 Å². The SMILES string of the molecule is COc1cc(C(Nc2ccc(C(=N)N)cc2)C(=O)NCc2ccccc2)ccc1OCCc1ccccc1. The van der Waals surface area contributed by atoms with Crippen molar-refractivity contribution >= 4 is 17.4 Å². The molecular formula is C31H32N4O3. The molecule has 0 radical (unpaired) electrons. The van der Waals surface area contributed by atoms with Gasteiger partial charge in [-0.15, -0.1) is 0 Å². The van der Waals surface area contributed by atoms with E-state index in [1.807, 2.05) is 66.7 Å². The number of ether oxygens (including phenoxy) is 2. The maximum absolute atomic E-state index is 13.4. The topological polar surface area (TPSA) is 109 Å². The standard InChI is InChI=1S/C31H32N4O3/c1-37-28-20-25(14-17-27(28)38-19-18-22-8-4-2-5-9-22)29(31(36)34-21-23-10-6-3-7-11-23)35-26-15-12-24(13-16-26)30(32)33/h2-17,20,29,35H,18-19,21H2,1H3,(H3,32,33)(H,34,36). The van der Waals surface area contributed by atoms with Crippen molar-refractivity contribution in [3.8, 4) is 11.5 Å². The number of amidine groups is 1. The predicted octanol–water partition coefficient (Wildman–Crippen LogP) is 5.07. The summed E-state index contributed by atoms with van der Waals surface area (Å²) in [7, 11) is 1.58. The van der Waals surface area contributed by atoms with Crippen molar-refractivity contribution in [1.29, 1.82) is 5.41 Å². The number of benzene rings is 4. The van der Waals surface area contributed by atoms with Crippen LogP contribution >= 0.6 is 0 Å². The van der Waals surface area contributed by atoms with Gasteiger partial charge in [-0.1, -0.05) is 66.7 Å². The number of methoxy groups -OCH3 is 1. The van der Waals surface area contributed by atoms with Gasteiger partial charge < -0.3 is 25.8 Å². The Balaban J connectivity index is 1.53. The van der Waals surface area contributed by atoms with Crippen molar-refractivity contribution in [2.75, 3.05) is 19.0 Å². The minimum absolute atomic E-state index is 0.0127. The Kier molecular flexibility index (Phi) is 8.97. The first kappa shape index (κ1) is 26.3. The fraction of sp³-hybridized carbons (Fsp3) is 0.161. The Morgan fingerprint density at radius 2 is 1.53 bits per heavy atom. The van der Waals surface area contributed by atoms with Gasteiger partial charge in [0, 0.05) is 24.2 Å². The van der Waals surface area contributed by atoms with Crippen LogP contribution in [0.3, 0.4) is 0 Å². The van der Waals surface area contributed by atoms with Crippen LogP contribution in [0.4, 0.5) is 5.69 Å². The normalized spacial score (nSPS) is 11.3. The third-order valence-electron chi connectivity index (χ3n) is 6.09. The molecule has 4 aromatic carbocycles. The summed E-state index contributed by atoms with van der Waals surface area (Å²) >= 11 is 0. The van der Waals surface area contributed by atoms with Crippen LogP contribution in [0.5, 0.6) is 11.5 Å². The van der Waals surface area contributed by atoms with Gasteiger partial charge in [-0.2, -0.15) is 0 Å². The van der Waals surface area contributed by atoms with Crippen molar-refractivity contribution < 1.29 is 14.3 Å². The summed E-state index contributed by atoms with van der Waals surface area (Å²) in [6, 6.07) is 31.8. The zero-order valence-corrected chi connectivity index (χ0v) is 21.3. The van der Waals surface area contributed by atoms with Crippen LogP contribution in [-0.4, -0.2) is 25.5 Å². The van der Waals surface area contributed by atoms with Crippen molar-refractivity contribution in [2.45, 2.75) is 19.0 Å². The number of carbonyl (C=O) groups is 1. The first-order chi connectivity index (χ1) is 18.5. The Morgan fingerprint density at radius 3 is 2.16 bits per heavy atom. The van der Waals surface area contributed by atoms with E-state index in [9.17, 15) is 4.79 Å². The van der Waals surface area contributed by atoms with E-state index in [0.717, 1.165) is 23.2 Å². The maximum atomic E-state index is 13.4. The molecule has 4 rings (SSSR count). The molecule has 5 N–H and O–H groups in total. The Labute approximate surface area is 223 Å². The highest BCUT2D eigenvalue weighted by Gasteiger charge is 2.22. The summed E-state index contributed by atoms with van der Waals surface area (Å²) in [6.07, 6.45) is 0.772. The zero-order valence-electron chi connectivity index (χ0n) is 21.3. The Bertz CT molecular complexity index is 1340. The lowest BCUT2D eigenvalue weighted by molar-refractivity contribution is -0.122. The summed E-state index contributed by atoms with van der Waals surface area (Å²) in [4.78, 5) is 13.4. The summed E-state index contributed by atoms with van der Waals surface area (Å²) in [5.74, 6) is 0.956. The lowest BCUT2D eigenvalue weighted by atomic mass is 10.0. The molecule has 4 aromatic rings. The van der Waals surface area contributed by atoms with Crippen LogP contribution in [0.1, 0.15) is 28.3 Å². The summed E-state index contributed by atoms with van der Waals surface area (Å²) in [6.45, 7) is 0.903. The number of nitrogen functional groups attached to an aromatic ring is 1. The predicted molar refractivity (Wildman–Crippen MR) is 151 cm³/mol. The smallest absolute Gasteiger partial charge is 0.247 e. The molecular weight excluding hydrogens is 476 g/mol. The first-order valence-corrected chi connectivity index (χ1v) is 12.4. The number of hydrogen-bond donors (Lipinski definition) is 4. The fourth-order valence-electron chi connectivity index (χ4n) is 4.01. The molecule has 0 bridgehead atoms. The molecule has 0 fully saturated rings. The molecule has 7 nitrogen and oxygen atoms in total. The summed E-state index contributed by atoms with van der Waals surface area (Å²) in [5.41, 5.74) is 9.83. The third kappa shape index (κ3) is 7.13. The second-order valence-corrected chi connectivity index (χ2v) is 8.77. The molecule has 0 heterocycles. The Morgan fingerprint density at radius 1 is 0.868 bits per heavy atom. The van der Waals surface area contributed by atoms with Gasteiger partial charge >= 0.3 is 0 Å². The zero-order chi connectivity index (χ0) is 26.7. The molecule has 0 aliphatic carbocycles. The number of carbonyl (C=O) groups excluding carboxylic acids is 1. The van der Waals surface area contributed by atoms with Crippen molar-refractivity contribution in [3.63, 3.8) is 0 Å². The van der Waals surface area contributed by atoms with Gasteiger partial charge in [0.25, 0.3) is 0 Å². The van der Waals surface area contributed by atoms with Crippen molar-refractivity contribution in [3.05, 3.63) is 125 Å². The molecule has 7 heteroatoms. The van der Waals surface area contributed by atoms with Crippen LogP contribution < -0.4 is 25.8 Å². The van der Waals surface area contributed by atoms with E-state index in [4.69, 9.17) is 20.6 Å². The van der Waals surface area contributed by atoms with Crippen LogP contribution in [-0.2, 0) is 17.8 Å². The molecule has 0 aromatic heterocycles. The Hall–Kier alpha value is -4.78. The van der Waals surface area contributed by atoms with E-state index in [0.29, 0.717) is 30.2 Å². The van der Waals surface area contributed by atoms with E-state index in [1.54, 1.807) is 31.4 Å². The molecule has 1 unspecified atom stereocenters. The quantitative estimate of drug-likeness (QED) is 0.158. The highest BCUT2D eigenvalue weighted by molar-refractivity contribution is 5.95. The van der Waals surface area contributed by atoms with Crippen LogP contribution in [0.25, 0.3) is 0 Å². The molecule has 194 valence electrons. The average molecular weight is 509 g/mol. The highest BCUT2D eigenvalue weighted by Crippen LogP contribution is 2.32. The van der Waals surface area contributed by atoms with Gasteiger partial charge in [0.2, 0.25) is 5.91 Å². The lowest BCUT2D eigenvalue weighted by Gasteiger charge is -2.22. The number of nitrogens with two attached hydrogens (primary N) is 1. The number of rotatable bonds is 12. The fourth-order valence-corrected chi connectivity index (χ4v) is 4.01. The molecule has 0 aliphatic heterocycles. The molecule has 0 saturated heterocycles. The van der Waals surface area contributed by atoms with Gasteiger partial charge in [-0.3, -0.25) is 10.2 Å². The van der Waals surface area contributed by atoms with Crippen molar-refractivity contribution in [1.82, 2.24) is 5.32 Å². The maximum Gasteiger partial charge on any atom is 0.247 e. The minimum atomic E-state index is -0.700. The molecule has 1 atom stereocenters. The van der Waals surface area contributed by atoms with E-state index in [2.05, 4.69) is 22.8 Å². The summed E-state index contributed by atoms with van der Waals surface area (Å²) in [5, 5.41) is 14.0. The number of anilines is 1. The molecule has 0 spiro atoms. The van der Waals surface area contributed by atoms with Gasteiger partial charge in [0.1, 0.15) is 11.9 Å². The number of amides is 1. The van der Waals surface area contributed by atoms with Crippen LogP contribution in [0.15, 0.2) is 103 Å². The molecule has 38 heavy (non-hydrogen) atoms. The lowest BCUT2D eigenvalue weighted by Crippen LogP contribution is -2.33. The third-order valence-corrected chi connectivity index (χ3v) is 6.09. The minimum Gasteiger partial charge on any atom is -0.493 e. The van der Waals surface area contributed by atoms with Gasteiger partial charge in [0.05, 0.1) is 13.7 Å². The van der Waals surface area contributed by atoms with Crippen molar-refractivity contribution in [2.24, 2.45) is 5.73 Å². The molecule has 0 saturated carbocycles. The highest BCUT2D eigenvalue weighted by atomic mass is 16.5. The average Bonchev–Trinajstić information content (AvgIpc) is 2.96. The summed E-state index contributed by atoms with van der Waals surface area (Å²) < 4.78 is 11.6. The van der Waals surface area contributed by atoms with Gasteiger partial charge in [0.15, 0.2) is 11.5 Å². The van der Waals surface area contributed by atoms with Gasteiger partial charge in [-0.05, 0) is 53.1 Å². The molecule has 0 aliphatic rings. The van der Waals surface area contributed by atoms with Gasteiger partial charge in [-0.25, -0.2) is 0 Å². The van der Waals surface area contributed by atoms with E-state index in [1.165, 1.54) is 5.56 Å². The largest absolute Gasteiger partial charge is 0.493 e. The monoisotopic (exact) mass is 508 g/mol. The second kappa shape index (κ2) is 13.0. The van der Waals surface area contributed by atoms with Crippen LogP contribution in [0.2, 0.25) is 0 Å².